The van der Waals surface area contributed by atoms with Gasteiger partial charge < -0.3 is 14.1 Å². The average molecular weight is 406 g/mol. The van der Waals surface area contributed by atoms with Crippen LogP contribution in [-0.2, 0) is 0 Å². The average Bonchev–Trinajstić information content (AvgIpc) is 2.78. The Morgan fingerprint density at radius 1 is 1.07 bits per heavy atom. The molecule has 0 N–H and O–H groups in total. The molecule has 3 aromatic rings. The highest BCUT2D eigenvalue weighted by molar-refractivity contribution is 5.78. The Hall–Kier alpha value is -2.59. The van der Waals surface area contributed by atoms with Gasteiger partial charge in [0.25, 0.3) is 0 Å². The molecule has 0 saturated heterocycles. The minimum absolute atomic E-state index is 0.0698. The fourth-order valence-corrected chi connectivity index (χ4v) is 4.39. The Morgan fingerprint density at radius 3 is 2.57 bits per heavy atom. The lowest BCUT2D eigenvalue weighted by Crippen LogP contribution is -2.19. The number of fused-ring (bicyclic) bond motifs is 1. The van der Waals surface area contributed by atoms with Gasteiger partial charge in [0.05, 0.1) is 11.6 Å². The van der Waals surface area contributed by atoms with Crippen LogP contribution in [0, 0.1) is 0 Å². The summed E-state index contributed by atoms with van der Waals surface area (Å²) in [5.74, 6) is 1.03. The van der Waals surface area contributed by atoms with E-state index in [1.54, 1.807) is 6.26 Å². The molecule has 1 atom stereocenters. The molecule has 30 heavy (non-hydrogen) atoms. The largest absolute Gasteiger partial charge is 0.486 e. The van der Waals surface area contributed by atoms with Gasteiger partial charge in [-0.15, -0.1) is 0 Å². The molecule has 1 aliphatic rings. The first-order valence-electron chi connectivity index (χ1n) is 11.0. The summed E-state index contributed by atoms with van der Waals surface area (Å²) in [4.78, 5) is 15.4. The summed E-state index contributed by atoms with van der Waals surface area (Å²) in [5, 5.41) is 0.620. The van der Waals surface area contributed by atoms with Crippen molar-refractivity contribution in [2.45, 2.75) is 50.5 Å². The monoisotopic (exact) mass is 405 g/mol. The van der Waals surface area contributed by atoms with E-state index in [4.69, 9.17) is 9.15 Å². The lowest BCUT2D eigenvalue weighted by molar-refractivity contribution is 0.179. The maximum absolute atomic E-state index is 13.2. The van der Waals surface area contributed by atoms with Crippen molar-refractivity contribution in [2.24, 2.45) is 0 Å². The summed E-state index contributed by atoms with van der Waals surface area (Å²) in [6.45, 7) is 0.918. The van der Waals surface area contributed by atoms with E-state index in [2.05, 4.69) is 31.1 Å². The summed E-state index contributed by atoms with van der Waals surface area (Å²) >= 11 is 0. The summed E-state index contributed by atoms with van der Waals surface area (Å²) < 4.78 is 12.2. The predicted octanol–water partition coefficient (Wildman–Crippen LogP) is 5.91. The van der Waals surface area contributed by atoms with Gasteiger partial charge in [-0.25, -0.2) is 0 Å². The Balaban J connectivity index is 1.63. The molecular formula is C26H31NO3. The normalized spacial score (nSPS) is 16.1. The third-order valence-corrected chi connectivity index (χ3v) is 6.10. The van der Waals surface area contributed by atoms with Gasteiger partial charge in [0.2, 0.25) is 0 Å². The number of benzene rings is 2. The molecule has 1 saturated carbocycles. The fourth-order valence-electron chi connectivity index (χ4n) is 4.39. The van der Waals surface area contributed by atoms with Crippen LogP contribution in [0.1, 0.15) is 61.7 Å². The molecule has 158 valence electrons. The van der Waals surface area contributed by atoms with E-state index in [-0.39, 0.29) is 11.5 Å². The molecule has 4 rings (SSSR count). The van der Waals surface area contributed by atoms with Crippen LogP contribution in [0.5, 0.6) is 5.75 Å². The van der Waals surface area contributed by atoms with Crippen LogP contribution < -0.4 is 10.2 Å². The van der Waals surface area contributed by atoms with Crippen molar-refractivity contribution in [3.63, 3.8) is 0 Å². The van der Waals surface area contributed by atoms with Crippen molar-refractivity contribution in [2.75, 3.05) is 20.6 Å². The molecule has 4 nitrogen and oxygen atoms in total. The van der Waals surface area contributed by atoms with Gasteiger partial charge in [0.15, 0.2) is 5.43 Å². The zero-order valence-corrected chi connectivity index (χ0v) is 18.0. The first-order chi connectivity index (χ1) is 14.6. The predicted molar refractivity (Wildman–Crippen MR) is 121 cm³/mol. The van der Waals surface area contributed by atoms with Gasteiger partial charge in [-0.2, -0.15) is 0 Å². The van der Waals surface area contributed by atoms with E-state index in [9.17, 15) is 4.79 Å². The lowest BCUT2D eigenvalue weighted by Gasteiger charge is -2.22. The summed E-state index contributed by atoms with van der Waals surface area (Å²) in [6, 6.07) is 15.9. The summed E-state index contributed by atoms with van der Waals surface area (Å²) in [6.07, 6.45) is 8.28. The highest BCUT2D eigenvalue weighted by Gasteiger charge is 2.21. The molecule has 0 radical (unpaired) electrons. The Bertz CT molecular complexity index is 1020. The first-order valence-corrected chi connectivity index (χ1v) is 11.0. The topological polar surface area (TPSA) is 42.7 Å². The van der Waals surface area contributed by atoms with E-state index >= 15 is 0 Å². The second kappa shape index (κ2) is 9.48. The zero-order chi connectivity index (χ0) is 20.9. The number of nitrogens with zero attached hydrogens (tertiary/aromatic N) is 1. The number of ether oxygens (including phenoxy) is 1. The Labute approximate surface area is 178 Å². The number of hydrogen-bond acceptors (Lipinski definition) is 4. The van der Waals surface area contributed by atoms with E-state index in [0.717, 1.165) is 36.9 Å². The van der Waals surface area contributed by atoms with E-state index < -0.39 is 0 Å². The maximum atomic E-state index is 13.2. The fraction of sp³-hybridized carbons (Fsp3) is 0.423. The van der Waals surface area contributed by atoms with Gasteiger partial charge in [-0.1, -0.05) is 49.6 Å². The molecular weight excluding hydrogens is 374 g/mol. The van der Waals surface area contributed by atoms with Gasteiger partial charge in [0, 0.05) is 18.5 Å². The van der Waals surface area contributed by atoms with Crippen LogP contribution in [0.25, 0.3) is 11.0 Å². The van der Waals surface area contributed by atoms with Gasteiger partial charge in [0.1, 0.15) is 17.4 Å². The van der Waals surface area contributed by atoms with Gasteiger partial charge in [-0.3, -0.25) is 4.79 Å². The smallest absolute Gasteiger partial charge is 0.196 e. The highest BCUT2D eigenvalue weighted by atomic mass is 16.5. The van der Waals surface area contributed by atoms with Crippen LogP contribution in [0.2, 0.25) is 0 Å². The van der Waals surface area contributed by atoms with Gasteiger partial charge in [-0.05, 0) is 56.6 Å². The molecule has 1 heterocycles. The molecule has 1 fully saturated rings. The van der Waals surface area contributed by atoms with Crippen molar-refractivity contribution in [3.8, 4) is 5.75 Å². The molecule has 0 amide bonds. The van der Waals surface area contributed by atoms with Crippen molar-refractivity contribution >= 4 is 11.0 Å². The third kappa shape index (κ3) is 4.76. The van der Waals surface area contributed by atoms with Crippen molar-refractivity contribution in [1.82, 2.24) is 4.90 Å². The second-order valence-corrected chi connectivity index (χ2v) is 8.62. The van der Waals surface area contributed by atoms with E-state index in [1.807, 2.05) is 36.4 Å². The molecule has 0 bridgehead atoms. The van der Waals surface area contributed by atoms with Crippen molar-refractivity contribution < 1.29 is 9.15 Å². The van der Waals surface area contributed by atoms with Gasteiger partial charge >= 0.3 is 0 Å². The lowest BCUT2D eigenvalue weighted by atomic mass is 9.84. The molecule has 0 spiro atoms. The molecule has 1 unspecified atom stereocenters. The van der Waals surface area contributed by atoms with Crippen molar-refractivity contribution in [1.29, 1.82) is 0 Å². The molecule has 4 heteroatoms. The van der Waals surface area contributed by atoms with Crippen LogP contribution in [0.15, 0.2) is 64.0 Å². The van der Waals surface area contributed by atoms with E-state index in [0.29, 0.717) is 22.6 Å². The van der Waals surface area contributed by atoms with Crippen LogP contribution in [-0.4, -0.2) is 25.5 Å². The minimum Gasteiger partial charge on any atom is -0.486 e. The molecule has 2 aromatic carbocycles. The van der Waals surface area contributed by atoms with Crippen molar-refractivity contribution in [3.05, 3.63) is 76.1 Å². The van der Waals surface area contributed by atoms with E-state index in [1.165, 1.54) is 19.3 Å². The highest BCUT2D eigenvalue weighted by Crippen LogP contribution is 2.33. The first kappa shape index (κ1) is 20.7. The quantitative estimate of drug-likeness (QED) is 0.490. The number of rotatable bonds is 7. The standard InChI is InChI=1S/C26H31NO3/c1-27(2)16-15-24(20-11-7-4-8-12-20)30-21-13-14-25-22(17-21)26(28)23(18-29-25)19-9-5-3-6-10-19/h4,7-8,11-14,17-19,24H,3,5-6,9-10,15-16H2,1-2H3. The third-order valence-electron chi connectivity index (χ3n) is 6.10. The van der Waals surface area contributed by atoms with Crippen LogP contribution >= 0.6 is 0 Å². The summed E-state index contributed by atoms with van der Waals surface area (Å²) in [5.41, 5.74) is 2.68. The molecule has 1 aliphatic carbocycles. The molecule has 1 aromatic heterocycles. The van der Waals surface area contributed by atoms with Crippen LogP contribution in [0.3, 0.4) is 0 Å². The second-order valence-electron chi connectivity index (χ2n) is 8.62. The maximum Gasteiger partial charge on any atom is 0.196 e. The molecule has 0 aliphatic heterocycles. The Kier molecular flexibility index (Phi) is 6.53. The number of hydrogen-bond donors (Lipinski definition) is 0. The minimum atomic E-state index is -0.0698. The van der Waals surface area contributed by atoms with Crippen LogP contribution in [0.4, 0.5) is 0 Å². The zero-order valence-electron chi connectivity index (χ0n) is 18.0. The Morgan fingerprint density at radius 2 is 1.83 bits per heavy atom. The SMILES string of the molecule is CN(C)CCC(Oc1ccc2occ(C3CCCCC3)c(=O)c2c1)c1ccccc1. The summed E-state index contributed by atoms with van der Waals surface area (Å²) in [7, 11) is 4.13.